The molecule has 1 aromatic heterocycles. The summed E-state index contributed by atoms with van der Waals surface area (Å²) in [5, 5.41) is 3.28. The number of benzene rings is 3. The van der Waals surface area contributed by atoms with E-state index in [2.05, 4.69) is 5.32 Å². The van der Waals surface area contributed by atoms with E-state index in [-0.39, 0.29) is 5.69 Å². The van der Waals surface area contributed by atoms with Crippen molar-refractivity contribution in [2.24, 2.45) is 0 Å². The van der Waals surface area contributed by atoms with Crippen LogP contribution in [0.3, 0.4) is 0 Å². The second-order valence-electron chi connectivity index (χ2n) is 6.69. The first-order valence-electron chi connectivity index (χ1n) is 9.16. The van der Waals surface area contributed by atoms with E-state index in [1.165, 1.54) is 16.7 Å². The third-order valence-corrected chi connectivity index (χ3v) is 4.57. The molecule has 1 amide bonds. The highest BCUT2D eigenvalue weighted by Crippen LogP contribution is 2.31. The fraction of sp³-hybridized carbons (Fsp3) is 0.0870. The van der Waals surface area contributed by atoms with Crippen LogP contribution < -0.4 is 10.1 Å². The third kappa shape index (κ3) is 4.30. The van der Waals surface area contributed by atoms with Gasteiger partial charge in [0.25, 0.3) is 0 Å². The average Bonchev–Trinajstić information content (AvgIpc) is 3.16. The van der Waals surface area contributed by atoms with Gasteiger partial charge >= 0.3 is 12.2 Å². The maximum Gasteiger partial charge on any atom is 0.416 e. The van der Waals surface area contributed by atoms with Gasteiger partial charge in [-0.2, -0.15) is 13.2 Å². The van der Waals surface area contributed by atoms with Crippen molar-refractivity contribution in [1.29, 1.82) is 0 Å². The van der Waals surface area contributed by atoms with E-state index in [1.54, 1.807) is 24.4 Å². The fourth-order valence-corrected chi connectivity index (χ4v) is 3.09. The number of halogens is 3. The van der Waals surface area contributed by atoms with Crippen LogP contribution in [0.2, 0.25) is 0 Å². The first-order valence-corrected chi connectivity index (χ1v) is 9.16. The summed E-state index contributed by atoms with van der Waals surface area (Å²) in [7, 11) is 0. The Hall–Kier alpha value is -3.74. The molecule has 7 heteroatoms. The van der Waals surface area contributed by atoms with E-state index in [9.17, 15) is 18.0 Å². The summed E-state index contributed by atoms with van der Waals surface area (Å²) >= 11 is 0. The largest absolute Gasteiger partial charge is 0.489 e. The van der Waals surface area contributed by atoms with Crippen LogP contribution in [0, 0.1) is 0 Å². The standard InChI is InChI=1S/C23H17F3N2O2/c24-23(25,26)18-7-4-8-19(14-18)27-22(29)28-12-11-17-13-20(9-10-21(17)28)30-15-16-5-2-1-3-6-16/h1-14H,15H2,(H,27,29). The minimum absolute atomic E-state index is 0.0690. The Bertz CT molecular complexity index is 1180. The van der Waals surface area contributed by atoms with Crippen molar-refractivity contribution in [3.63, 3.8) is 0 Å². The maximum atomic E-state index is 12.9. The molecule has 0 aliphatic heterocycles. The van der Waals surface area contributed by atoms with Crippen molar-refractivity contribution in [2.45, 2.75) is 12.8 Å². The number of nitrogens with one attached hydrogen (secondary N) is 1. The number of carbonyl (C=O) groups is 1. The molecule has 0 saturated heterocycles. The number of ether oxygens (including phenoxy) is 1. The molecule has 3 aromatic carbocycles. The Morgan fingerprint density at radius 1 is 0.933 bits per heavy atom. The fourth-order valence-electron chi connectivity index (χ4n) is 3.09. The summed E-state index contributed by atoms with van der Waals surface area (Å²) in [5.74, 6) is 0.655. The zero-order chi connectivity index (χ0) is 21.1. The molecule has 0 spiro atoms. The van der Waals surface area contributed by atoms with E-state index < -0.39 is 17.8 Å². The Morgan fingerprint density at radius 2 is 1.73 bits per heavy atom. The summed E-state index contributed by atoms with van der Waals surface area (Å²) in [4.78, 5) is 12.6. The van der Waals surface area contributed by atoms with Gasteiger partial charge in [-0.05, 0) is 48.0 Å². The lowest BCUT2D eigenvalue weighted by molar-refractivity contribution is -0.137. The highest BCUT2D eigenvalue weighted by molar-refractivity contribution is 5.98. The summed E-state index contributed by atoms with van der Waals surface area (Å²) in [6, 6.07) is 20.7. The molecule has 0 radical (unpaired) electrons. The monoisotopic (exact) mass is 410 g/mol. The smallest absolute Gasteiger partial charge is 0.416 e. The van der Waals surface area contributed by atoms with Gasteiger partial charge in [-0.25, -0.2) is 4.79 Å². The number of aromatic nitrogens is 1. The van der Waals surface area contributed by atoms with Crippen molar-refractivity contribution < 1.29 is 22.7 Å². The number of amides is 1. The molecule has 0 atom stereocenters. The Labute approximate surface area is 170 Å². The van der Waals surface area contributed by atoms with E-state index >= 15 is 0 Å². The van der Waals surface area contributed by atoms with Gasteiger partial charge in [0.1, 0.15) is 12.4 Å². The van der Waals surface area contributed by atoms with Gasteiger partial charge < -0.3 is 10.1 Å². The van der Waals surface area contributed by atoms with Gasteiger partial charge in [-0.3, -0.25) is 4.57 Å². The molecule has 0 fully saturated rings. The lowest BCUT2D eigenvalue weighted by Gasteiger charge is -2.11. The molecule has 1 N–H and O–H groups in total. The predicted molar refractivity (Wildman–Crippen MR) is 109 cm³/mol. The summed E-state index contributed by atoms with van der Waals surface area (Å²) < 4.78 is 45.7. The van der Waals surface area contributed by atoms with Crippen molar-refractivity contribution in [1.82, 2.24) is 4.57 Å². The molecule has 4 aromatic rings. The van der Waals surface area contributed by atoms with Crippen molar-refractivity contribution in [2.75, 3.05) is 5.32 Å². The minimum Gasteiger partial charge on any atom is -0.489 e. The second kappa shape index (κ2) is 7.94. The van der Waals surface area contributed by atoms with E-state index in [4.69, 9.17) is 4.74 Å². The topological polar surface area (TPSA) is 43.3 Å². The van der Waals surface area contributed by atoms with Gasteiger partial charge in [0.2, 0.25) is 0 Å². The van der Waals surface area contributed by atoms with Gasteiger partial charge in [0, 0.05) is 17.3 Å². The van der Waals surface area contributed by atoms with Crippen LogP contribution in [0.25, 0.3) is 10.9 Å². The van der Waals surface area contributed by atoms with Crippen LogP contribution in [0.15, 0.2) is 85.1 Å². The summed E-state index contributed by atoms with van der Waals surface area (Å²) in [6.07, 6.45) is -2.91. The molecule has 0 aliphatic rings. The molecule has 4 nitrogen and oxygen atoms in total. The number of rotatable bonds is 4. The zero-order valence-corrected chi connectivity index (χ0v) is 15.7. The van der Waals surface area contributed by atoms with E-state index in [1.807, 2.05) is 36.4 Å². The number of fused-ring (bicyclic) bond motifs is 1. The number of hydrogen-bond acceptors (Lipinski definition) is 2. The Balaban J connectivity index is 1.50. The Morgan fingerprint density at radius 3 is 2.50 bits per heavy atom. The number of nitrogens with zero attached hydrogens (tertiary/aromatic N) is 1. The second-order valence-corrected chi connectivity index (χ2v) is 6.69. The van der Waals surface area contributed by atoms with E-state index in [0.29, 0.717) is 17.9 Å². The summed E-state index contributed by atoms with van der Waals surface area (Å²) in [5.41, 5.74) is 0.902. The number of alkyl halides is 3. The highest BCUT2D eigenvalue weighted by atomic mass is 19.4. The molecule has 1 heterocycles. The highest BCUT2D eigenvalue weighted by Gasteiger charge is 2.30. The van der Waals surface area contributed by atoms with Crippen LogP contribution in [-0.4, -0.2) is 10.6 Å². The van der Waals surface area contributed by atoms with Crippen LogP contribution in [0.4, 0.5) is 23.7 Å². The molecular weight excluding hydrogens is 393 g/mol. The SMILES string of the molecule is O=C(Nc1cccc(C(F)(F)F)c1)n1ccc2cc(OCc3ccccc3)ccc21. The number of carbonyl (C=O) groups excluding carboxylic acids is 1. The Kier molecular flexibility index (Phi) is 5.18. The molecular formula is C23H17F3N2O2. The van der Waals surface area contributed by atoms with Crippen molar-refractivity contribution >= 4 is 22.6 Å². The normalized spacial score (nSPS) is 11.4. The molecule has 0 saturated carbocycles. The first kappa shape index (κ1) is 19.6. The lowest BCUT2D eigenvalue weighted by atomic mass is 10.2. The quantitative estimate of drug-likeness (QED) is 0.428. The van der Waals surface area contributed by atoms with Crippen molar-refractivity contribution in [3.05, 3.63) is 96.2 Å². The minimum atomic E-state index is -4.48. The predicted octanol–water partition coefficient (Wildman–Crippen LogP) is 6.32. The van der Waals surface area contributed by atoms with Crippen molar-refractivity contribution in [3.8, 4) is 5.75 Å². The van der Waals surface area contributed by atoms with E-state index in [0.717, 1.165) is 23.1 Å². The average molecular weight is 410 g/mol. The lowest BCUT2D eigenvalue weighted by Crippen LogP contribution is -2.18. The first-order chi connectivity index (χ1) is 14.4. The van der Waals surface area contributed by atoms with Crippen LogP contribution in [0.1, 0.15) is 11.1 Å². The molecule has 4 rings (SSSR count). The molecule has 0 unspecified atom stereocenters. The van der Waals surface area contributed by atoms with Crippen LogP contribution in [-0.2, 0) is 12.8 Å². The molecule has 0 bridgehead atoms. The van der Waals surface area contributed by atoms with Gasteiger partial charge in [0.15, 0.2) is 0 Å². The third-order valence-electron chi connectivity index (χ3n) is 4.57. The van der Waals surface area contributed by atoms with Gasteiger partial charge in [-0.15, -0.1) is 0 Å². The van der Waals surface area contributed by atoms with Gasteiger partial charge in [-0.1, -0.05) is 36.4 Å². The maximum absolute atomic E-state index is 12.9. The zero-order valence-electron chi connectivity index (χ0n) is 15.7. The number of anilines is 1. The van der Waals surface area contributed by atoms with Crippen LogP contribution in [0.5, 0.6) is 5.75 Å². The van der Waals surface area contributed by atoms with Gasteiger partial charge in [0.05, 0.1) is 11.1 Å². The van der Waals surface area contributed by atoms with Crippen LogP contribution >= 0.6 is 0 Å². The molecule has 0 aliphatic carbocycles. The molecule has 152 valence electrons. The molecule has 30 heavy (non-hydrogen) atoms. The summed E-state index contributed by atoms with van der Waals surface area (Å²) in [6.45, 7) is 0.420. The number of hydrogen-bond donors (Lipinski definition) is 1.